The van der Waals surface area contributed by atoms with E-state index < -0.39 is 46.0 Å². The van der Waals surface area contributed by atoms with E-state index in [9.17, 15) is 21.6 Å². The number of halogens is 5. The molecule has 1 saturated heterocycles. The molecule has 0 aromatic heterocycles. The Bertz CT molecular complexity index is 659. The monoisotopic (exact) mass is 392 g/mol. The molecule has 0 aliphatic carbocycles. The Morgan fingerprint density at radius 1 is 1.39 bits per heavy atom. The topological polar surface area (TPSA) is 72.2 Å². The summed E-state index contributed by atoms with van der Waals surface area (Å²) in [5, 5.41) is 7.43. The first-order valence-corrected chi connectivity index (χ1v) is 8.74. The SMILES string of the molecule is Cl.NS(=O)(=O)CC[C@@H]1[C@H](Cc2cccc(Cl)c2F)NCC1(F)F. The quantitative estimate of drug-likeness (QED) is 0.807. The van der Waals surface area contributed by atoms with Gasteiger partial charge in [0, 0.05) is 12.0 Å². The average Bonchev–Trinajstić information content (AvgIpc) is 2.67. The van der Waals surface area contributed by atoms with Gasteiger partial charge in [-0.3, -0.25) is 0 Å². The van der Waals surface area contributed by atoms with Crippen LogP contribution in [0.5, 0.6) is 0 Å². The fraction of sp³-hybridized carbons (Fsp3) is 0.538. The van der Waals surface area contributed by atoms with Crippen LogP contribution in [0.25, 0.3) is 0 Å². The van der Waals surface area contributed by atoms with Crippen molar-refractivity contribution < 1.29 is 21.6 Å². The summed E-state index contributed by atoms with van der Waals surface area (Å²) in [6.07, 6.45) is -0.289. The molecule has 1 aromatic carbocycles. The lowest BCUT2D eigenvalue weighted by atomic mass is 9.90. The van der Waals surface area contributed by atoms with Gasteiger partial charge in [-0.1, -0.05) is 23.7 Å². The van der Waals surface area contributed by atoms with Crippen LogP contribution in [0.2, 0.25) is 5.02 Å². The van der Waals surface area contributed by atoms with Crippen molar-refractivity contribution in [2.45, 2.75) is 24.8 Å². The van der Waals surface area contributed by atoms with E-state index in [4.69, 9.17) is 16.7 Å². The summed E-state index contributed by atoms with van der Waals surface area (Å²) in [4.78, 5) is 0. The van der Waals surface area contributed by atoms with Gasteiger partial charge in [-0.2, -0.15) is 0 Å². The van der Waals surface area contributed by atoms with Crippen molar-refractivity contribution in [2.24, 2.45) is 11.1 Å². The number of hydrogen-bond acceptors (Lipinski definition) is 3. The van der Waals surface area contributed by atoms with Crippen LogP contribution in [0.15, 0.2) is 18.2 Å². The molecule has 1 aliphatic rings. The smallest absolute Gasteiger partial charge is 0.264 e. The number of nitrogens with two attached hydrogens (primary N) is 1. The first-order valence-electron chi connectivity index (χ1n) is 6.65. The molecule has 23 heavy (non-hydrogen) atoms. The number of primary sulfonamides is 1. The number of nitrogens with one attached hydrogen (secondary N) is 1. The van der Waals surface area contributed by atoms with Crippen molar-refractivity contribution in [1.29, 1.82) is 0 Å². The zero-order valence-corrected chi connectivity index (χ0v) is 14.3. The van der Waals surface area contributed by atoms with Crippen LogP contribution in [0.1, 0.15) is 12.0 Å². The molecule has 2 atom stereocenters. The van der Waals surface area contributed by atoms with Crippen molar-refractivity contribution in [3.05, 3.63) is 34.6 Å². The highest BCUT2D eigenvalue weighted by atomic mass is 35.5. The zero-order valence-electron chi connectivity index (χ0n) is 11.9. The molecule has 0 amide bonds. The van der Waals surface area contributed by atoms with E-state index in [2.05, 4.69) is 5.32 Å². The third-order valence-electron chi connectivity index (χ3n) is 3.81. The fourth-order valence-electron chi connectivity index (χ4n) is 2.70. The maximum Gasteiger partial charge on any atom is 0.264 e. The molecule has 0 bridgehead atoms. The van der Waals surface area contributed by atoms with Gasteiger partial charge in [0.25, 0.3) is 5.92 Å². The van der Waals surface area contributed by atoms with Gasteiger partial charge in [-0.15, -0.1) is 12.4 Å². The van der Waals surface area contributed by atoms with E-state index in [1.807, 2.05) is 0 Å². The van der Waals surface area contributed by atoms with E-state index in [1.54, 1.807) is 0 Å². The van der Waals surface area contributed by atoms with Gasteiger partial charge in [0.05, 0.1) is 17.3 Å². The van der Waals surface area contributed by atoms with E-state index >= 15 is 0 Å². The van der Waals surface area contributed by atoms with Crippen molar-refractivity contribution in [2.75, 3.05) is 12.3 Å². The van der Waals surface area contributed by atoms with Crippen LogP contribution in [0.4, 0.5) is 13.2 Å². The maximum atomic E-state index is 13.9. The molecular formula is C13H17Cl2F3N2O2S. The molecule has 0 saturated carbocycles. The normalized spacial score (nSPS) is 23.5. The van der Waals surface area contributed by atoms with Crippen LogP contribution in [0, 0.1) is 11.7 Å². The van der Waals surface area contributed by atoms with Gasteiger partial charge in [-0.25, -0.2) is 26.7 Å². The minimum Gasteiger partial charge on any atom is -0.308 e. The first-order chi connectivity index (χ1) is 10.1. The number of benzene rings is 1. The molecule has 0 spiro atoms. The lowest BCUT2D eigenvalue weighted by molar-refractivity contribution is -0.0286. The van der Waals surface area contributed by atoms with Gasteiger partial charge in [-0.05, 0) is 24.5 Å². The average molecular weight is 393 g/mol. The summed E-state index contributed by atoms with van der Waals surface area (Å²) in [5.74, 6) is -5.48. The molecule has 2 rings (SSSR count). The molecule has 10 heteroatoms. The van der Waals surface area contributed by atoms with E-state index in [0.717, 1.165) is 0 Å². The lowest BCUT2D eigenvalue weighted by Crippen LogP contribution is -2.35. The Morgan fingerprint density at radius 3 is 2.65 bits per heavy atom. The Morgan fingerprint density at radius 2 is 2.04 bits per heavy atom. The van der Waals surface area contributed by atoms with Gasteiger partial charge in [0.2, 0.25) is 10.0 Å². The van der Waals surface area contributed by atoms with Gasteiger partial charge >= 0.3 is 0 Å². The predicted octanol–water partition coefficient (Wildman–Crippen LogP) is 2.35. The molecule has 1 aliphatic heterocycles. The minimum absolute atomic E-state index is 0. The number of sulfonamides is 1. The Balaban J connectivity index is 0.00000264. The predicted molar refractivity (Wildman–Crippen MR) is 85.2 cm³/mol. The maximum absolute atomic E-state index is 13.9. The number of rotatable bonds is 5. The standard InChI is InChI=1S/C13H16ClF3N2O2S.ClH/c14-10-3-1-2-8(12(10)15)6-11-9(4-5-22(18,20)21)13(16,17)7-19-11;/h1-3,9,11,19H,4-7H2,(H2,18,20,21);1H/t9-,11+;/m1./s1. The summed E-state index contributed by atoms with van der Waals surface area (Å²) < 4.78 is 63.7. The highest BCUT2D eigenvalue weighted by molar-refractivity contribution is 7.89. The van der Waals surface area contributed by atoms with Crippen LogP contribution < -0.4 is 10.5 Å². The molecule has 3 N–H and O–H groups in total. The van der Waals surface area contributed by atoms with Crippen molar-refractivity contribution in [3.63, 3.8) is 0 Å². The zero-order chi connectivity index (χ0) is 16.5. The van der Waals surface area contributed by atoms with Crippen LogP contribution in [-0.2, 0) is 16.4 Å². The Labute approximate surface area is 144 Å². The Hall–Kier alpha value is -0.540. The van der Waals surface area contributed by atoms with Crippen LogP contribution in [-0.4, -0.2) is 32.7 Å². The highest BCUT2D eigenvalue weighted by Crippen LogP contribution is 2.36. The largest absolute Gasteiger partial charge is 0.308 e. The molecule has 1 aromatic rings. The molecule has 1 fully saturated rings. The molecular weight excluding hydrogens is 376 g/mol. The second-order valence-corrected chi connectivity index (χ2v) is 7.57. The minimum atomic E-state index is -3.83. The van der Waals surface area contributed by atoms with Crippen molar-refractivity contribution >= 4 is 34.0 Å². The lowest BCUT2D eigenvalue weighted by Gasteiger charge is -2.23. The second kappa shape index (κ2) is 7.57. The van der Waals surface area contributed by atoms with Gasteiger partial charge < -0.3 is 5.32 Å². The summed E-state index contributed by atoms with van der Waals surface area (Å²) in [6.45, 7) is -0.574. The number of hydrogen-bond donors (Lipinski definition) is 2. The number of alkyl halides is 2. The molecule has 0 unspecified atom stereocenters. The van der Waals surface area contributed by atoms with E-state index in [0.29, 0.717) is 0 Å². The highest BCUT2D eigenvalue weighted by Gasteiger charge is 2.49. The van der Waals surface area contributed by atoms with Gasteiger partial charge in [0.15, 0.2) is 0 Å². The second-order valence-electron chi connectivity index (χ2n) is 5.43. The van der Waals surface area contributed by atoms with Crippen LogP contribution >= 0.6 is 24.0 Å². The van der Waals surface area contributed by atoms with Crippen LogP contribution in [0.3, 0.4) is 0 Å². The van der Waals surface area contributed by atoms with E-state index in [1.165, 1.54) is 18.2 Å². The van der Waals surface area contributed by atoms with Crippen molar-refractivity contribution in [1.82, 2.24) is 5.32 Å². The summed E-state index contributed by atoms with van der Waals surface area (Å²) >= 11 is 5.67. The van der Waals surface area contributed by atoms with Crippen molar-refractivity contribution in [3.8, 4) is 0 Å². The fourth-order valence-corrected chi connectivity index (χ4v) is 3.47. The third-order valence-corrected chi connectivity index (χ3v) is 4.91. The summed E-state index contributed by atoms with van der Waals surface area (Å²) in [5.41, 5.74) is 0.211. The first kappa shape index (κ1) is 20.5. The third kappa shape index (κ3) is 5.22. The molecule has 1 heterocycles. The summed E-state index contributed by atoms with van der Waals surface area (Å²) in [7, 11) is -3.83. The molecule has 0 radical (unpaired) electrons. The Kier molecular flexibility index (Phi) is 6.74. The summed E-state index contributed by atoms with van der Waals surface area (Å²) in [6, 6.07) is 3.63. The molecule has 4 nitrogen and oxygen atoms in total. The molecule has 132 valence electrons. The van der Waals surface area contributed by atoms with E-state index in [-0.39, 0.29) is 35.8 Å². The van der Waals surface area contributed by atoms with Gasteiger partial charge in [0.1, 0.15) is 5.82 Å².